The summed E-state index contributed by atoms with van der Waals surface area (Å²) in [4.78, 5) is 12.2. The van der Waals surface area contributed by atoms with Crippen LogP contribution in [0.5, 0.6) is 0 Å². The molecular weight excluding hydrogens is 402 g/mol. The van der Waals surface area contributed by atoms with E-state index in [1.54, 1.807) is 0 Å². The molecule has 3 heteroatoms. The van der Waals surface area contributed by atoms with Crippen molar-refractivity contribution >= 4 is 0 Å². The zero-order valence-corrected chi connectivity index (χ0v) is 20.1. The van der Waals surface area contributed by atoms with Gasteiger partial charge < -0.3 is 15.0 Å². The number of aromatic nitrogens is 3. The third kappa shape index (κ3) is 2.80. The van der Waals surface area contributed by atoms with Crippen molar-refractivity contribution in [1.29, 1.82) is 0 Å². The van der Waals surface area contributed by atoms with E-state index in [4.69, 9.17) is 0 Å². The molecular formula is C30H39N3. The molecule has 7 rings (SSSR count). The average molecular weight is 442 g/mol. The van der Waals surface area contributed by atoms with Crippen molar-refractivity contribution in [3.63, 3.8) is 0 Å². The van der Waals surface area contributed by atoms with E-state index < -0.39 is 0 Å². The Morgan fingerprint density at radius 3 is 0.758 bits per heavy atom. The van der Waals surface area contributed by atoms with Crippen LogP contribution < -0.4 is 0 Å². The fraction of sp³-hybridized carbons (Fsp3) is 0.600. The standard InChI is InChI=1S/C30H39N3/c1-4-16-28(17-5-1)22-10-12-24(31-22)29(18-6-2-7-19-29)26-14-15-27(33-26)30(20-8-3-9-21-30)25-13-11-23(28)32-25/h10-15,31-33H,1-9,16-21H2. The van der Waals surface area contributed by atoms with Crippen LogP contribution in [0.3, 0.4) is 0 Å². The zero-order chi connectivity index (χ0) is 21.9. The molecule has 0 unspecified atom stereocenters. The SMILES string of the molecule is c1cc2[nH]c1C1(CCCCC1)c1ccc([nH]1)C1(CCCCC1)c1ccc([nH]1)C21CCCCC1. The Bertz CT molecular complexity index is 918. The molecule has 3 N–H and O–H groups in total. The van der Waals surface area contributed by atoms with Gasteiger partial charge in [-0.05, 0) is 74.9 Å². The van der Waals surface area contributed by atoms with Crippen LogP contribution in [0.1, 0.15) is 130 Å². The van der Waals surface area contributed by atoms with Gasteiger partial charge in [-0.25, -0.2) is 0 Å². The molecule has 33 heavy (non-hydrogen) atoms. The predicted octanol–water partition coefficient (Wildman–Crippen LogP) is 7.73. The molecule has 3 aliphatic carbocycles. The molecule has 1 aliphatic heterocycles. The second-order valence-electron chi connectivity index (χ2n) is 11.8. The van der Waals surface area contributed by atoms with Crippen molar-refractivity contribution in [2.75, 3.05) is 0 Å². The van der Waals surface area contributed by atoms with Crippen LogP contribution in [0.4, 0.5) is 0 Å². The molecule has 0 atom stereocenters. The summed E-state index contributed by atoms with van der Waals surface area (Å²) in [5.74, 6) is 0. The second kappa shape index (κ2) is 7.42. The number of aromatic amines is 3. The van der Waals surface area contributed by atoms with Gasteiger partial charge in [0.15, 0.2) is 0 Å². The number of hydrogen-bond acceptors (Lipinski definition) is 0. The molecule has 3 aromatic heterocycles. The van der Waals surface area contributed by atoms with Gasteiger partial charge in [-0.3, -0.25) is 0 Å². The highest BCUT2D eigenvalue weighted by Gasteiger charge is 2.46. The van der Waals surface area contributed by atoms with Crippen molar-refractivity contribution in [3.8, 4) is 0 Å². The molecule has 3 aromatic rings. The summed E-state index contributed by atoms with van der Waals surface area (Å²) in [6.45, 7) is 0. The van der Waals surface area contributed by atoms with E-state index >= 15 is 0 Å². The molecule has 3 spiro atoms. The Morgan fingerprint density at radius 2 is 0.545 bits per heavy atom. The van der Waals surface area contributed by atoms with Crippen molar-refractivity contribution in [2.24, 2.45) is 0 Å². The Balaban J connectivity index is 1.50. The van der Waals surface area contributed by atoms with E-state index in [-0.39, 0.29) is 16.2 Å². The van der Waals surface area contributed by atoms with Gasteiger partial charge in [0.05, 0.1) is 16.2 Å². The summed E-state index contributed by atoms with van der Waals surface area (Å²) in [7, 11) is 0. The van der Waals surface area contributed by atoms with Gasteiger partial charge in [-0.1, -0.05) is 57.8 Å². The molecule has 0 saturated heterocycles. The molecule has 0 amide bonds. The largest absolute Gasteiger partial charge is 0.361 e. The average Bonchev–Trinajstić information content (AvgIpc) is 3.66. The van der Waals surface area contributed by atoms with Crippen LogP contribution in [-0.2, 0) is 16.2 Å². The minimum atomic E-state index is 0.120. The Morgan fingerprint density at radius 1 is 0.333 bits per heavy atom. The smallest absolute Gasteiger partial charge is 0.0503 e. The summed E-state index contributed by atoms with van der Waals surface area (Å²) in [6.07, 6.45) is 19.7. The summed E-state index contributed by atoms with van der Waals surface area (Å²) >= 11 is 0. The van der Waals surface area contributed by atoms with E-state index in [1.807, 2.05) is 0 Å². The van der Waals surface area contributed by atoms with E-state index in [0.717, 1.165) is 0 Å². The lowest BCUT2D eigenvalue weighted by atomic mass is 9.69. The number of fused-ring (bicyclic) bond motifs is 12. The molecule has 0 aromatic carbocycles. The second-order valence-corrected chi connectivity index (χ2v) is 11.8. The summed E-state index contributed by atoms with van der Waals surface area (Å²) in [6, 6.07) is 14.7. The number of H-pyrrole nitrogens is 3. The highest BCUT2D eigenvalue weighted by Crippen LogP contribution is 2.51. The highest BCUT2D eigenvalue weighted by molar-refractivity contribution is 5.45. The maximum atomic E-state index is 4.08. The van der Waals surface area contributed by atoms with Crippen LogP contribution in [0.15, 0.2) is 36.4 Å². The van der Waals surface area contributed by atoms with Gasteiger partial charge in [0.2, 0.25) is 0 Å². The predicted molar refractivity (Wildman–Crippen MR) is 134 cm³/mol. The third-order valence-electron chi connectivity index (χ3n) is 10.3. The monoisotopic (exact) mass is 441 g/mol. The first kappa shape index (κ1) is 20.2. The van der Waals surface area contributed by atoms with Crippen molar-refractivity contribution in [2.45, 2.75) is 113 Å². The highest BCUT2D eigenvalue weighted by atomic mass is 14.9. The quantitative estimate of drug-likeness (QED) is 0.320. The van der Waals surface area contributed by atoms with Gasteiger partial charge in [0, 0.05) is 34.2 Å². The Kier molecular flexibility index (Phi) is 4.55. The summed E-state index contributed by atoms with van der Waals surface area (Å²) < 4.78 is 0. The Hall–Kier alpha value is -2.16. The lowest BCUT2D eigenvalue weighted by Crippen LogP contribution is -2.36. The maximum Gasteiger partial charge on any atom is 0.0503 e. The topological polar surface area (TPSA) is 47.4 Å². The number of hydrogen-bond donors (Lipinski definition) is 3. The van der Waals surface area contributed by atoms with E-state index in [9.17, 15) is 0 Å². The van der Waals surface area contributed by atoms with Gasteiger partial charge in [-0.2, -0.15) is 0 Å². The van der Waals surface area contributed by atoms with Crippen LogP contribution >= 0.6 is 0 Å². The molecule has 4 heterocycles. The first-order valence-corrected chi connectivity index (χ1v) is 13.9. The normalized spacial score (nSPS) is 25.1. The van der Waals surface area contributed by atoms with E-state index in [1.165, 1.54) is 130 Å². The maximum absolute atomic E-state index is 4.08. The lowest BCUT2D eigenvalue weighted by Gasteiger charge is -2.40. The molecule has 3 fully saturated rings. The van der Waals surface area contributed by atoms with Crippen LogP contribution in [0.25, 0.3) is 0 Å². The third-order valence-corrected chi connectivity index (χ3v) is 10.3. The minimum Gasteiger partial charge on any atom is -0.361 e. The molecule has 3 nitrogen and oxygen atoms in total. The minimum absolute atomic E-state index is 0.120. The van der Waals surface area contributed by atoms with Gasteiger partial charge in [0.1, 0.15) is 0 Å². The van der Waals surface area contributed by atoms with Gasteiger partial charge >= 0.3 is 0 Å². The molecule has 6 bridgehead atoms. The van der Waals surface area contributed by atoms with E-state index in [2.05, 4.69) is 51.4 Å². The van der Waals surface area contributed by atoms with Crippen molar-refractivity contribution < 1.29 is 0 Å². The van der Waals surface area contributed by atoms with Crippen molar-refractivity contribution in [3.05, 3.63) is 70.6 Å². The molecule has 4 aliphatic rings. The van der Waals surface area contributed by atoms with Gasteiger partial charge in [-0.15, -0.1) is 0 Å². The van der Waals surface area contributed by atoms with Crippen molar-refractivity contribution in [1.82, 2.24) is 15.0 Å². The molecule has 174 valence electrons. The Labute approximate surface area is 198 Å². The fourth-order valence-electron chi connectivity index (χ4n) is 8.38. The lowest BCUT2D eigenvalue weighted by molar-refractivity contribution is 0.308. The number of nitrogens with one attached hydrogen (secondary N) is 3. The van der Waals surface area contributed by atoms with Crippen LogP contribution in [-0.4, -0.2) is 15.0 Å². The van der Waals surface area contributed by atoms with E-state index in [0.29, 0.717) is 0 Å². The fourth-order valence-corrected chi connectivity index (χ4v) is 8.38. The summed E-state index contributed by atoms with van der Waals surface area (Å²) in [5.41, 5.74) is 9.11. The van der Waals surface area contributed by atoms with Crippen LogP contribution in [0, 0.1) is 0 Å². The summed E-state index contributed by atoms with van der Waals surface area (Å²) in [5, 5.41) is 0. The molecule has 0 radical (unpaired) electrons. The first-order valence-electron chi connectivity index (χ1n) is 13.9. The molecule has 3 saturated carbocycles. The van der Waals surface area contributed by atoms with Crippen LogP contribution in [0.2, 0.25) is 0 Å². The number of rotatable bonds is 0. The first-order chi connectivity index (χ1) is 16.3. The zero-order valence-electron chi connectivity index (χ0n) is 20.1. The van der Waals surface area contributed by atoms with Gasteiger partial charge in [0.25, 0.3) is 0 Å².